The number of carbonyl (C=O) groups is 2. The molecule has 3 aliphatic heterocycles. The van der Waals surface area contributed by atoms with Gasteiger partial charge in [0.15, 0.2) is 12.6 Å². The van der Waals surface area contributed by atoms with Crippen LogP contribution >= 0.6 is 0 Å². The van der Waals surface area contributed by atoms with E-state index in [0.29, 0.717) is 44.9 Å². The van der Waals surface area contributed by atoms with Crippen LogP contribution in [0.25, 0.3) is 0 Å². The fourth-order valence-corrected chi connectivity index (χ4v) is 11.3. The van der Waals surface area contributed by atoms with Gasteiger partial charge in [-0.25, -0.2) is 4.79 Å². The third-order valence-electron chi connectivity index (χ3n) is 14.0. The number of cyclic esters (lactones) is 1. The number of esters is 1. The van der Waals surface area contributed by atoms with Gasteiger partial charge >= 0.3 is 5.97 Å². The van der Waals surface area contributed by atoms with E-state index in [-0.39, 0.29) is 43.2 Å². The second-order valence-electron chi connectivity index (χ2n) is 16.1. The maximum atomic E-state index is 13.2. The molecule has 6 fully saturated rings. The second-order valence-corrected chi connectivity index (χ2v) is 16.1. The molecule has 0 radical (unpaired) electrons. The van der Waals surface area contributed by atoms with Gasteiger partial charge in [0.05, 0.1) is 41.5 Å². The fraction of sp³-hybridized carbons (Fsp3) is 0.886. The monoisotopic (exact) mass is 696 g/mol. The van der Waals surface area contributed by atoms with Crippen LogP contribution in [0.15, 0.2) is 11.6 Å². The van der Waals surface area contributed by atoms with Crippen molar-refractivity contribution >= 4 is 12.3 Å². The summed E-state index contributed by atoms with van der Waals surface area (Å²) in [4.78, 5) is 25.0. The van der Waals surface area contributed by atoms with Crippen molar-refractivity contribution in [1.29, 1.82) is 0 Å². The van der Waals surface area contributed by atoms with Crippen molar-refractivity contribution in [3.8, 4) is 0 Å². The Hall–Kier alpha value is -1.56. The Kier molecular flexibility index (Phi) is 9.38. The molecule has 49 heavy (non-hydrogen) atoms. The molecule has 2 saturated heterocycles. The molecule has 0 aromatic carbocycles. The average Bonchev–Trinajstić information content (AvgIpc) is 3.61. The van der Waals surface area contributed by atoms with Crippen LogP contribution in [0.4, 0.5) is 0 Å². The maximum Gasteiger partial charge on any atom is 0.331 e. The minimum Gasteiger partial charge on any atom is -0.458 e. The quantitative estimate of drug-likeness (QED) is 0.102. The summed E-state index contributed by atoms with van der Waals surface area (Å²) >= 11 is 0. The van der Waals surface area contributed by atoms with E-state index in [0.717, 1.165) is 18.3 Å². The highest BCUT2D eigenvalue weighted by Crippen LogP contribution is 2.70. The molecule has 14 heteroatoms. The largest absolute Gasteiger partial charge is 0.458 e. The average molecular weight is 697 g/mol. The first-order valence-corrected chi connectivity index (χ1v) is 17.9. The summed E-state index contributed by atoms with van der Waals surface area (Å²) in [7, 11) is 0. The number of hydrogen-bond acceptors (Lipinski definition) is 14. The highest BCUT2D eigenvalue weighted by molar-refractivity contribution is 5.85. The van der Waals surface area contributed by atoms with E-state index in [1.807, 2.05) is 0 Å². The van der Waals surface area contributed by atoms with Gasteiger partial charge in [-0.3, -0.25) is 0 Å². The topological polar surface area (TPSA) is 222 Å². The summed E-state index contributed by atoms with van der Waals surface area (Å²) in [6.45, 7) is 3.42. The molecule has 3 heterocycles. The third-order valence-corrected chi connectivity index (χ3v) is 14.0. The number of rotatable bonds is 7. The molecule has 0 unspecified atom stereocenters. The van der Waals surface area contributed by atoms with Gasteiger partial charge in [-0.2, -0.15) is 0 Å². The van der Waals surface area contributed by atoms with Crippen LogP contribution in [-0.2, 0) is 33.3 Å². The molecule has 14 nitrogen and oxygen atoms in total. The molecular weight excluding hydrogens is 644 g/mol. The van der Waals surface area contributed by atoms with Gasteiger partial charge in [0.25, 0.3) is 0 Å². The van der Waals surface area contributed by atoms with Gasteiger partial charge in [0.1, 0.15) is 43.4 Å². The number of aliphatic hydroxyl groups excluding tert-OH is 5. The lowest BCUT2D eigenvalue weighted by atomic mass is 9.41. The van der Waals surface area contributed by atoms with E-state index >= 15 is 0 Å². The lowest BCUT2D eigenvalue weighted by Gasteiger charge is -2.65. The Bertz CT molecular complexity index is 1300. The van der Waals surface area contributed by atoms with Crippen molar-refractivity contribution in [1.82, 2.24) is 0 Å². The summed E-state index contributed by atoms with van der Waals surface area (Å²) in [5.41, 5.74) is -2.94. The summed E-state index contributed by atoms with van der Waals surface area (Å²) in [5, 5.41) is 75.9. The number of hydrogen-bond donors (Lipinski definition) is 7. The zero-order valence-corrected chi connectivity index (χ0v) is 28.1. The van der Waals surface area contributed by atoms with Gasteiger partial charge in [-0.05, 0) is 81.6 Å². The molecule has 0 spiro atoms. The van der Waals surface area contributed by atoms with Crippen molar-refractivity contribution in [2.75, 3.05) is 13.2 Å². The Balaban J connectivity index is 1.00. The van der Waals surface area contributed by atoms with Crippen LogP contribution in [-0.4, -0.2) is 134 Å². The van der Waals surface area contributed by atoms with E-state index in [1.54, 1.807) is 13.0 Å². The first-order valence-electron chi connectivity index (χ1n) is 17.9. The standard InChI is InChI=1S/C35H52O14/c1-17-30(49-31-29(42)28(41)27(40)24(14-36)48-31)23(38)12-26(46-17)47-19-3-8-33(16-37)21-4-7-32(2)20(18-11-25(39)45-15-18)6-10-35(32,44)22(21)5-9-34(33,43)13-19/h11,16-17,19-24,26-31,36,38,40-44H,3-10,12-15H2,1-2H3/t17-,19+,20-,21+,22-,23-,24+,26+,27-,28-,29-,30+,31-,32-,33+,34+,35+/m1/s1. The van der Waals surface area contributed by atoms with Crippen LogP contribution in [0.5, 0.6) is 0 Å². The maximum absolute atomic E-state index is 13.2. The number of aliphatic hydroxyl groups is 7. The van der Waals surface area contributed by atoms with E-state index < -0.39 is 90.1 Å². The zero-order valence-electron chi connectivity index (χ0n) is 28.1. The predicted molar refractivity (Wildman–Crippen MR) is 166 cm³/mol. The van der Waals surface area contributed by atoms with E-state index in [4.69, 9.17) is 23.7 Å². The number of carbonyl (C=O) groups excluding carboxylic acids is 2. The Morgan fingerprint density at radius 2 is 1.69 bits per heavy atom. The molecule has 7 aliphatic rings. The minimum absolute atomic E-state index is 0.00470. The normalized spacial score (nSPS) is 54.3. The summed E-state index contributed by atoms with van der Waals surface area (Å²) in [6.07, 6.45) is -4.38. The first kappa shape index (κ1) is 35.8. The van der Waals surface area contributed by atoms with Crippen LogP contribution in [0.2, 0.25) is 0 Å². The van der Waals surface area contributed by atoms with Crippen molar-refractivity contribution in [3.05, 3.63) is 11.6 Å². The molecule has 0 amide bonds. The van der Waals surface area contributed by atoms with E-state index in [9.17, 15) is 45.3 Å². The Labute approximate surface area is 285 Å². The fourth-order valence-electron chi connectivity index (χ4n) is 11.3. The molecule has 7 N–H and O–H groups in total. The smallest absolute Gasteiger partial charge is 0.331 e. The number of fused-ring (bicyclic) bond motifs is 5. The molecule has 0 aromatic rings. The van der Waals surface area contributed by atoms with Crippen LogP contribution in [0.3, 0.4) is 0 Å². The molecule has 0 bridgehead atoms. The van der Waals surface area contributed by atoms with E-state index in [1.165, 1.54) is 0 Å². The second kappa shape index (κ2) is 12.8. The van der Waals surface area contributed by atoms with Crippen LogP contribution < -0.4 is 0 Å². The molecule has 17 atom stereocenters. The zero-order chi connectivity index (χ0) is 35.1. The van der Waals surface area contributed by atoms with Crippen molar-refractivity contribution in [2.24, 2.45) is 28.6 Å². The van der Waals surface area contributed by atoms with Crippen molar-refractivity contribution < 1.29 is 69.0 Å². The van der Waals surface area contributed by atoms with Gasteiger partial charge in [0, 0.05) is 24.3 Å². The molecule has 7 rings (SSSR count). The predicted octanol–water partition coefficient (Wildman–Crippen LogP) is -0.397. The lowest BCUT2D eigenvalue weighted by molar-refractivity contribution is -0.345. The van der Waals surface area contributed by atoms with Crippen LogP contribution in [0, 0.1) is 28.6 Å². The van der Waals surface area contributed by atoms with Gasteiger partial charge in [0.2, 0.25) is 0 Å². The van der Waals surface area contributed by atoms with Gasteiger partial charge < -0.3 is 64.2 Å². The summed E-state index contributed by atoms with van der Waals surface area (Å²) < 4.78 is 28.9. The van der Waals surface area contributed by atoms with Gasteiger partial charge in [-0.15, -0.1) is 0 Å². The van der Waals surface area contributed by atoms with Crippen molar-refractivity contribution in [2.45, 2.75) is 151 Å². The molecule has 276 valence electrons. The molecular formula is C35H52O14. The highest BCUT2D eigenvalue weighted by atomic mass is 16.7. The highest BCUT2D eigenvalue weighted by Gasteiger charge is 2.71. The van der Waals surface area contributed by atoms with Gasteiger partial charge in [-0.1, -0.05) is 6.92 Å². The molecule has 4 aliphatic carbocycles. The molecule has 0 aromatic heterocycles. The summed E-state index contributed by atoms with van der Waals surface area (Å²) in [5.74, 6) is -0.688. The lowest BCUT2D eigenvalue weighted by Crippen LogP contribution is -2.69. The Morgan fingerprint density at radius 3 is 2.37 bits per heavy atom. The van der Waals surface area contributed by atoms with Crippen molar-refractivity contribution in [3.63, 3.8) is 0 Å². The minimum atomic E-state index is -1.62. The summed E-state index contributed by atoms with van der Waals surface area (Å²) in [6, 6.07) is 0. The number of aldehydes is 1. The van der Waals surface area contributed by atoms with Crippen LogP contribution in [0.1, 0.15) is 78.1 Å². The Morgan fingerprint density at radius 1 is 0.939 bits per heavy atom. The SMILES string of the molecule is C[C@H]1O[C@@H](O[C@H]2CC[C@]3(C=O)[C@H]4CC[C@]5(C)[C@@H](C6=CC(=O)OC6)CC[C@]5(O)[C@@H]4CC[C@]3(O)C2)C[C@@H](O)[C@H]1O[C@H]1O[C@@H](CO)[C@@H](O)[C@@H](O)[C@H]1O. The number of ether oxygens (including phenoxy) is 5. The third kappa shape index (κ3) is 5.47. The first-order chi connectivity index (χ1) is 23.2. The molecule has 4 saturated carbocycles. The van der Waals surface area contributed by atoms with E-state index in [2.05, 4.69) is 6.92 Å².